The zero-order chi connectivity index (χ0) is 12.3. The SMILES string of the molecule is Cn1cncc1C(C#N)Nc1cccc(Br)c1. The minimum atomic E-state index is -0.406. The lowest BCUT2D eigenvalue weighted by atomic mass is 10.2. The Bertz CT molecular complexity index is 556. The number of rotatable bonds is 3. The highest BCUT2D eigenvalue weighted by Crippen LogP contribution is 2.21. The second-order valence-electron chi connectivity index (χ2n) is 3.65. The molecule has 0 aliphatic heterocycles. The fourth-order valence-electron chi connectivity index (χ4n) is 1.56. The third kappa shape index (κ3) is 2.66. The summed E-state index contributed by atoms with van der Waals surface area (Å²) < 4.78 is 2.81. The molecule has 0 amide bonds. The summed E-state index contributed by atoms with van der Waals surface area (Å²) in [5, 5.41) is 12.3. The van der Waals surface area contributed by atoms with E-state index in [-0.39, 0.29) is 0 Å². The van der Waals surface area contributed by atoms with Crippen LogP contribution in [0.2, 0.25) is 0 Å². The first-order valence-electron chi connectivity index (χ1n) is 5.08. The van der Waals surface area contributed by atoms with Crippen molar-refractivity contribution in [3.63, 3.8) is 0 Å². The number of nitrogens with one attached hydrogen (secondary N) is 1. The van der Waals surface area contributed by atoms with Crippen LogP contribution in [0.4, 0.5) is 5.69 Å². The highest BCUT2D eigenvalue weighted by Gasteiger charge is 2.13. The first-order valence-corrected chi connectivity index (χ1v) is 5.88. The highest BCUT2D eigenvalue weighted by atomic mass is 79.9. The van der Waals surface area contributed by atoms with E-state index in [0.717, 1.165) is 15.9 Å². The molecule has 4 nitrogen and oxygen atoms in total. The molecule has 0 fully saturated rings. The molecule has 86 valence electrons. The van der Waals surface area contributed by atoms with Gasteiger partial charge in [0, 0.05) is 17.2 Å². The van der Waals surface area contributed by atoms with Gasteiger partial charge in [-0.15, -0.1) is 0 Å². The molecule has 0 spiro atoms. The van der Waals surface area contributed by atoms with Gasteiger partial charge in [0.15, 0.2) is 6.04 Å². The molecule has 5 heteroatoms. The Morgan fingerprint density at radius 2 is 2.35 bits per heavy atom. The van der Waals surface area contributed by atoms with E-state index in [4.69, 9.17) is 0 Å². The minimum absolute atomic E-state index is 0.406. The van der Waals surface area contributed by atoms with Gasteiger partial charge in [0.05, 0.1) is 24.3 Å². The predicted molar refractivity (Wildman–Crippen MR) is 69.3 cm³/mol. The normalized spacial score (nSPS) is 11.8. The Morgan fingerprint density at radius 3 is 2.94 bits per heavy atom. The van der Waals surface area contributed by atoms with Crippen molar-refractivity contribution >= 4 is 21.6 Å². The van der Waals surface area contributed by atoms with Crippen LogP contribution in [0, 0.1) is 11.3 Å². The third-order valence-corrected chi connectivity index (χ3v) is 2.91. The summed E-state index contributed by atoms with van der Waals surface area (Å²) in [7, 11) is 1.87. The van der Waals surface area contributed by atoms with Gasteiger partial charge in [0.1, 0.15) is 0 Å². The molecule has 0 aliphatic rings. The molecule has 1 aromatic heterocycles. The lowest BCUT2D eigenvalue weighted by Gasteiger charge is -2.13. The summed E-state index contributed by atoms with van der Waals surface area (Å²) in [6.07, 6.45) is 3.38. The minimum Gasteiger partial charge on any atom is -0.365 e. The van der Waals surface area contributed by atoms with E-state index in [1.54, 1.807) is 12.5 Å². The largest absolute Gasteiger partial charge is 0.365 e. The van der Waals surface area contributed by atoms with Crippen LogP contribution in [0.25, 0.3) is 0 Å². The van der Waals surface area contributed by atoms with Gasteiger partial charge in [0.2, 0.25) is 0 Å². The second-order valence-corrected chi connectivity index (χ2v) is 4.56. The fraction of sp³-hybridized carbons (Fsp3) is 0.167. The molecule has 0 saturated carbocycles. The van der Waals surface area contributed by atoms with Gasteiger partial charge in [-0.3, -0.25) is 0 Å². The van der Waals surface area contributed by atoms with Gasteiger partial charge in [-0.25, -0.2) is 4.98 Å². The molecule has 1 heterocycles. The summed E-state index contributed by atoms with van der Waals surface area (Å²) in [6, 6.07) is 9.54. The topological polar surface area (TPSA) is 53.6 Å². The number of imidazole rings is 1. The number of nitrogens with zero attached hydrogens (tertiary/aromatic N) is 3. The number of halogens is 1. The van der Waals surface area contributed by atoms with Crippen LogP contribution < -0.4 is 5.32 Å². The Labute approximate surface area is 108 Å². The quantitative estimate of drug-likeness (QED) is 0.946. The van der Waals surface area contributed by atoms with Crippen molar-refractivity contribution < 1.29 is 0 Å². The monoisotopic (exact) mass is 290 g/mol. The first-order chi connectivity index (χ1) is 8.20. The highest BCUT2D eigenvalue weighted by molar-refractivity contribution is 9.10. The Kier molecular flexibility index (Phi) is 3.45. The second kappa shape index (κ2) is 5.02. The molecule has 17 heavy (non-hydrogen) atoms. The lowest BCUT2D eigenvalue weighted by Crippen LogP contribution is -2.11. The van der Waals surface area contributed by atoms with Crippen LogP contribution in [0.3, 0.4) is 0 Å². The number of hydrogen-bond acceptors (Lipinski definition) is 3. The van der Waals surface area contributed by atoms with Crippen LogP contribution in [0.5, 0.6) is 0 Å². The molecule has 0 aliphatic carbocycles. The van der Waals surface area contributed by atoms with Gasteiger partial charge in [-0.05, 0) is 18.2 Å². The van der Waals surface area contributed by atoms with Crippen LogP contribution in [-0.4, -0.2) is 9.55 Å². The number of anilines is 1. The molecule has 1 unspecified atom stereocenters. The van der Waals surface area contributed by atoms with Crippen molar-refractivity contribution in [1.82, 2.24) is 9.55 Å². The maximum absolute atomic E-state index is 9.19. The summed E-state index contributed by atoms with van der Waals surface area (Å²) in [4.78, 5) is 4.01. The number of benzene rings is 1. The number of nitriles is 1. The zero-order valence-electron chi connectivity index (χ0n) is 9.26. The van der Waals surface area contributed by atoms with Gasteiger partial charge in [-0.2, -0.15) is 5.26 Å². The summed E-state index contributed by atoms with van der Waals surface area (Å²) in [5.74, 6) is 0. The molecule has 0 saturated heterocycles. The number of aromatic nitrogens is 2. The van der Waals surface area contributed by atoms with E-state index in [1.165, 1.54) is 0 Å². The lowest BCUT2D eigenvalue weighted by molar-refractivity contribution is 0.799. The Morgan fingerprint density at radius 1 is 1.53 bits per heavy atom. The van der Waals surface area contributed by atoms with Gasteiger partial charge in [-0.1, -0.05) is 22.0 Å². The van der Waals surface area contributed by atoms with Crippen molar-refractivity contribution in [3.05, 3.63) is 47.0 Å². The van der Waals surface area contributed by atoms with Crippen LogP contribution in [-0.2, 0) is 7.05 Å². The molecule has 2 rings (SSSR count). The van der Waals surface area contributed by atoms with Crippen molar-refractivity contribution in [1.29, 1.82) is 5.26 Å². The maximum Gasteiger partial charge on any atom is 0.156 e. The molecular weight excluding hydrogens is 280 g/mol. The molecular formula is C12H11BrN4. The van der Waals surface area contributed by atoms with Gasteiger partial charge < -0.3 is 9.88 Å². The number of aryl methyl sites for hydroxylation is 1. The summed E-state index contributed by atoms with van der Waals surface area (Å²) in [6.45, 7) is 0. The van der Waals surface area contributed by atoms with Gasteiger partial charge >= 0.3 is 0 Å². The average molecular weight is 291 g/mol. The fourth-order valence-corrected chi connectivity index (χ4v) is 1.96. The van der Waals surface area contributed by atoms with E-state index in [9.17, 15) is 5.26 Å². The van der Waals surface area contributed by atoms with Crippen molar-refractivity contribution in [2.45, 2.75) is 6.04 Å². The number of hydrogen-bond donors (Lipinski definition) is 1. The standard InChI is InChI=1S/C12H11BrN4/c1-17-8-15-7-12(17)11(6-14)16-10-4-2-3-9(13)5-10/h2-5,7-8,11,16H,1H3. The third-order valence-electron chi connectivity index (χ3n) is 2.41. The maximum atomic E-state index is 9.19. The smallest absolute Gasteiger partial charge is 0.156 e. The zero-order valence-corrected chi connectivity index (χ0v) is 10.8. The average Bonchev–Trinajstić information content (AvgIpc) is 2.72. The Balaban J connectivity index is 2.23. The van der Waals surface area contributed by atoms with E-state index in [1.807, 2.05) is 35.9 Å². The molecule has 1 aromatic carbocycles. The summed E-state index contributed by atoms with van der Waals surface area (Å²) >= 11 is 3.40. The van der Waals surface area contributed by atoms with E-state index in [0.29, 0.717) is 0 Å². The predicted octanol–water partition coefficient (Wildman–Crippen LogP) is 2.86. The Hall–Kier alpha value is -1.80. The van der Waals surface area contributed by atoms with Crippen molar-refractivity contribution in [2.24, 2.45) is 7.05 Å². The van der Waals surface area contributed by atoms with Crippen LogP contribution >= 0.6 is 15.9 Å². The molecule has 0 radical (unpaired) electrons. The summed E-state index contributed by atoms with van der Waals surface area (Å²) in [5.41, 5.74) is 1.74. The first kappa shape index (κ1) is 11.7. The van der Waals surface area contributed by atoms with Crippen LogP contribution in [0.15, 0.2) is 41.3 Å². The molecule has 2 aromatic rings. The van der Waals surface area contributed by atoms with Gasteiger partial charge in [0.25, 0.3) is 0 Å². The van der Waals surface area contributed by atoms with Crippen LogP contribution in [0.1, 0.15) is 11.7 Å². The van der Waals surface area contributed by atoms with E-state index >= 15 is 0 Å². The van der Waals surface area contributed by atoms with Crippen molar-refractivity contribution in [3.8, 4) is 6.07 Å². The van der Waals surface area contributed by atoms with E-state index < -0.39 is 6.04 Å². The molecule has 0 bridgehead atoms. The van der Waals surface area contributed by atoms with E-state index in [2.05, 4.69) is 32.3 Å². The molecule has 1 atom stereocenters. The molecule has 1 N–H and O–H groups in total. The van der Waals surface area contributed by atoms with Crippen molar-refractivity contribution in [2.75, 3.05) is 5.32 Å².